The topological polar surface area (TPSA) is 59.8 Å². The van der Waals surface area contributed by atoms with E-state index in [1.807, 2.05) is 13.0 Å². The Morgan fingerprint density at radius 3 is 3.09 bits per heavy atom. The first-order valence-corrected chi connectivity index (χ1v) is 8.51. The van der Waals surface area contributed by atoms with Gasteiger partial charge in [-0.15, -0.1) is 0 Å². The molecule has 2 fully saturated rings. The van der Waals surface area contributed by atoms with Crippen molar-refractivity contribution in [3.63, 3.8) is 0 Å². The number of benzene rings is 1. The third-order valence-corrected chi connectivity index (χ3v) is 5.29. The minimum Gasteiger partial charge on any atom is -0.455 e. The molecule has 0 spiro atoms. The number of halogens is 1. The molecule has 2 heterocycles. The standard InChI is InChI=1S/C17H21ClN2O3/c1-11-13(18)6-4-7-14(11)19-16(21)9-15-17(22)23-10-12-5-2-3-8-20(12)15/h4,6-7,12,15H,2-3,5,8-10H2,1H3,(H,19,21)/p+1/t12-,15+/m0/s1. The molecular weight excluding hydrogens is 316 g/mol. The van der Waals surface area contributed by atoms with Gasteiger partial charge in [0, 0.05) is 17.1 Å². The van der Waals surface area contributed by atoms with Crippen LogP contribution in [-0.2, 0) is 14.3 Å². The second kappa shape index (κ2) is 6.89. The second-order valence-corrected chi connectivity index (χ2v) is 6.77. The molecule has 2 saturated heterocycles. The highest BCUT2D eigenvalue weighted by atomic mass is 35.5. The molecule has 3 rings (SSSR count). The Kier molecular flexibility index (Phi) is 4.87. The average molecular weight is 338 g/mol. The van der Waals surface area contributed by atoms with Crippen LogP contribution in [0.4, 0.5) is 5.69 Å². The van der Waals surface area contributed by atoms with Crippen molar-refractivity contribution in [2.24, 2.45) is 0 Å². The number of hydrogen-bond donors (Lipinski definition) is 2. The van der Waals surface area contributed by atoms with Crippen LogP contribution in [0.2, 0.25) is 5.02 Å². The van der Waals surface area contributed by atoms with Crippen LogP contribution in [-0.4, -0.2) is 37.1 Å². The van der Waals surface area contributed by atoms with Gasteiger partial charge in [-0.25, -0.2) is 4.79 Å². The first-order valence-electron chi connectivity index (χ1n) is 8.13. The van der Waals surface area contributed by atoms with Crippen molar-refractivity contribution < 1.29 is 19.2 Å². The maximum atomic E-state index is 12.4. The van der Waals surface area contributed by atoms with Gasteiger partial charge in [-0.05, 0) is 37.5 Å². The van der Waals surface area contributed by atoms with Crippen LogP contribution < -0.4 is 10.2 Å². The molecule has 1 unspecified atom stereocenters. The van der Waals surface area contributed by atoms with Crippen molar-refractivity contribution in [2.75, 3.05) is 18.5 Å². The van der Waals surface area contributed by atoms with E-state index in [2.05, 4.69) is 5.32 Å². The Labute approximate surface area is 140 Å². The fourth-order valence-electron chi connectivity index (χ4n) is 3.54. The normalized spacial score (nSPS) is 27.0. The van der Waals surface area contributed by atoms with Crippen LogP contribution in [0.5, 0.6) is 0 Å². The van der Waals surface area contributed by atoms with E-state index in [1.54, 1.807) is 12.1 Å². The van der Waals surface area contributed by atoms with Gasteiger partial charge in [-0.1, -0.05) is 17.7 Å². The van der Waals surface area contributed by atoms with E-state index in [9.17, 15) is 9.59 Å². The summed E-state index contributed by atoms with van der Waals surface area (Å²) in [6.45, 7) is 3.28. The fraction of sp³-hybridized carbons (Fsp3) is 0.529. The summed E-state index contributed by atoms with van der Waals surface area (Å²) in [5.74, 6) is -0.424. The lowest BCUT2D eigenvalue weighted by molar-refractivity contribution is -0.951. The summed E-state index contributed by atoms with van der Waals surface area (Å²) in [5, 5.41) is 3.48. The Bertz CT molecular complexity index is 620. The fourth-order valence-corrected chi connectivity index (χ4v) is 3.71. The highest BCUT2D eigenvalue weighted by molar-refractivity contribution is 6.31. The van der Waals surface area contributed by atoms with Crippen molar-refractivity contribution in [1.29, 1.82) is 0 Å². The first-order chi connectivity index (χ1) is 11.1. The number of ether oxygens (including phenoxy) is 1. The van der Waals surface area contributed by atoms with Crippen LogP contribution in [0.25, 0.3) is 0 Å². The number of rotatable bonds is 3. The minimum atomic E-state index is -0.395. The maximum Gasteiger partial charge on any atom is 0.365 e. The Balaban J connectivity index is 1.68. The summed E-state index contributed by atoms with van der Waals surface area (Å²) in [5.41, 5.74) is 1.52. The zero-order valence-electron chi connectivity index (χ0n) is 13.2. The number of hydrogen-bond acceptors (Lipinski definition) is 3. The van der Waals surface area contributed by atoms with Crippen LogP contribution >= 0.6 is 11.6 Å². The van der Waals surface area contributed by atoms with E-state index >= 15 is 0 Å². The highest BCUT2D eigenvalue weighted by Gasteiger charge is 2.43. The van der Waals surface area contributed by atoms with Gasteiger partial charge in [0.1, 0.15) is 12.6 Å². The predicted octanol–water partition coefficient (Wildman–Crippen LogP) is 1.34. The Morgan fingerprint density at radius 1 is 1.43 bits per heavy atom. The van der Waals surface area contributed by atoms with Gasteiger partial charge in [0.2, 0.25) is 5.91 Å². The lowest BCUT2D eigenvalue weighted by atomic mass is 9.97. The lowest BCUT2D eigenvalue weighted by Gasteiger charge is -2.40. The smallest absolute Gasteiger partial charge is 0.365 e. The lowest BCUT2D eigenvalue weighted by Crippen LogP contribution is -3.22. The van der Waals surface area contributed by atoms with Crippen molar-refractivity contribution >= 4 is 29.2 Å². The molecule has 2 N–H and O–H groups in total. The van der Waals surface area contributed by atoms with Gasteiger partial charge in [0.15, 0.2) is 6.04 Å². The van der Waals surface area contributed by atoms with Crippen molar-refractivity contribution in [3.8, 4) is 0 Å². The SMILES string of the molecule is Cc1c(Cl)cccc1NC(=O)C[C@@H]1C(=O)OC[C@@H]2CCCC[NH+]21. The van der Waals surface area contributed by atoms with E-state index < -0.39 is 6.04 Å². The minimum absolute atomic E-state index is 0.149. The predicted molar refractivity (Wildman–Crippen MR) is 87.7 cm³/mol. The van der Waals surface area contributed by atoms with Crippen molar-refractivity contribution in [2.45, 2.75) is 44.7 Å². The molecule has 2 aliphatic heterocycles. The van der Waals surface area contributed by atoms with Gasteiger partial charge in [-0.2, -0.15) is 0 Å². The van der Waals surface area contributed by atoms with Crippen molar-refractivity contribution in [1.82, 2.24) is 0 Å². The monoisotopic (exact) mass is 337 g/mol. The van der Waals surface area contributed by atoms with E-state index in [-0.39, 0.29) is 18.3 Å². The van der Waals surface area contributed by atoms with Crippen LogP contribution in [0.3, 0.4) is 0 Å². The number of nitrogens with one attached hydrogen (secondary N) is 2. The first kappa shape index (κ1) is 16.3. The molecule has 0 saturated carbocycles. The van der Waals surface area contributed by atoms with Gasteiger partial charge in [-0.3, -0.25) is 4.79 Å². The number of piperidine rings is 1. The summed E-state index contributed by atoms with van der Waals surface area (Å²) in [7, 11) is 0. The van der Waals surface area contributed by atoms with Crippen molar-refractivity contribution in [3.05, 3.63) is 28.8 Å². The molecular formula is C17H22ClN2O3+. The molecule has 5 nitrogen and oxygen atoms in total. The number of amides is 1. The number of morpholine rings is 1. The summed E-state index contributed by atoms with van der Waals surface area (Å²) < 4.78 is 5.29. The molecule has 0 bridgehead atoms. The summed E-state index contributed by atoms with van der Waals surface area (Å²) in [6.07, 6.45) is 3.49. The highest BCUT2D eigenvalue weighted by Crippen LogP contribution is 2.23. The van der Waals surface area contributed by atoms with Gasteiger partial charge < -0.3 is 15.0 Å². The maximum absolute atomic E-state index is 12.4. The number of fused-ring (bicyclic) bond motifs is 1. The number of quaternary nitrogens is 1. The van der Waals surface area contributed by atoms with Gasteiger partial charge >= 0.3 is 5.97 Å². The van der Waals surface area contributed by atoms with Gasteiger partial charge in [0.25, 0.3) is 0 Å². The molecule has 1 aromatic carbocycles. The quantitative estimate of drug-likeness (QED) is 0.818. The molecule has 6 heteroatoms. The Morgan fingerprint density at radius 2 is 2.26 bits per heavy atom. The van der Waals surface area contributed by atoms with E-state index in [4.69, 9.17) is 16.3 Å². The third-order valence-electron chi connectivity index (χ3n) is 4.88. The molecule has 2 aliphatic rings. The number of anilines is 1. The van der Waals surface area contributed by atoms with Gasteiger partial charge in [0.05, 0.1) is 13.0 Å². The molecule has 1 amide bonds. The Hall–Kier alpha value is -1.59. The number of carbonyl (C=O) groups excluding carboxylic acids is 2. The molecule has 0 aromatic heterocycles. The molecule has 124 valence electrons. The van der Waals surface area contributed by atoms with E-state index in [0.29, 0.717) is 23.4 Å². The largest absolute Gasteiger partial charge is 0.455 e. The molecule has 3 atom stereocenters. The zero-order chi connectivity index (χ0) is 16.4. The number of carbonyl (C=O) groups is 2. The zero-order valence-corrected chi connectivity index (χ0v) is 14.0. The summed E-state index contributed by atoms with van der Waals surface area (Å²) in [4.78, 5) is 25.7. The van der Waals surface area contributed by atoms with E-state index in [1.165, 1.54) is 11.3 Å². The summed E-state index contributed by atoms with van der Waals surface area (Å²) >= 11 is 6.07. The van der Waals surface area contributed by atoms with Crippen LogP contribution in [0, 0.1) is 6.92 Å². The second-order valence-electron chi connectivity index (χ2n) is 6.36. The van der Waals surface area contributed by atoms with Crippen LogP contribution in [0.15, 0.2) is 18.2 Å². The third kappa shape index (κ3) is 3.51. The number of cyclic esters (lactones) is 1. The average Bonchev–Trinajstić information content (AvgIpc) is 2.54. The molecule has 23 heavy (non-hydrogen) atoms. The van der Waals surface area contributed by atoms with Crippen LogP contribution in [0.1, 0.15) is 31.2 Å². The molecule has 0 aliphatic carbocycles. The molecule has 0 radical (unpaired) electrons. The summed E-state index contributed by atoms with van der Waals surface area (Å²) in [6, 6.07) is 5.34. The molecule has 1 aromatic rings. The van der Waals surface area contributed by atoms with E-state index in [0.717, 1.165) is 24.9 Å². The number of esters is 1.